The van der Waals surface area contributed by atoms with E-state index < -0.39 is 129 Å². The molecule has 0 radical (unpaired) electrons. The molecule has 4 amide bonds. The largest absolute Gasteiger partial charge is 0.352 e. The van der Waals surface area contributed by atoms with Crippen molar-refractivity contribution < 1.29 is 79.0 Å². The van der Waals surface area contributed by atoms with Crippen LogP contribution in [0.25, 0.3) is 10.8 Å². The molecule has 0 aliphatic heterocycles. The van der Waals surface area contributed by atoms with Crippen LogP contribution in [0.1, 0.15) is 6.92 Å². The average Bonchev–Trinajstić information content (AvgIpc) is 3.43. The van der Waals surface area contributed by atoms with Gasteiger partial charge in [0, 0.05) is 29.3 Å². The summed E-state index contributed by atoms with van der Waals surface area (Å²) in [4.78, 5) is 42.0. The van der Waals surface area contributed by atoms with Crippen molar-refractivity contribution in [2.24, 2.45) is 31.9 Å². The molecule has 7 aromatic rings. The number of benzene rings is 5. The minimum atomic E-state index is -5.27. The van der Waals surface area contributed by atoms with Gasteiger partial charge in [0.1, 0.15) is 37.4 Å². The standard InChI is InChI=1S/C39H34F2N18O16S5/c1-16(45-37-51-33(41)53-39(55-37)47-19-2-5-23(26(11-19)48-34(42)60)56-58-25-7-4-20(76(62)63)12-31(25)80(73,74)75)15-44-36-50-32(40)52-38(54-36)46-18-3-6-24(27(10-18)49-35(43)61)57-59-28-14-22-17(9-30(28)79(70,71)72)8-21(77(64,65)66)13-29(22)78(67,68)69/h2-14,16H,15H2,1H3,(H,62,63)(H3,42,48,60)(H3,43,49,61)(H,64,65,66)(H,67,68,69)(H,70,71,72)(H,73,74,75)(H2,44,46,50,52,54)(H2,45,47,51,53,55). The second-order valence-corrected chi connectivity index (χ2v) is 22.3. The molecular weight excluding hydrogens is 1170 g/mol. The topological polar surface area (TPSA) is 540 Å². The number of anilines is 8. The summed E-state index contributed by atoms with van der Waals surface area (Å²) < 4.78 is 186. The minimum absolute atomic E-state index is 0.0128. The first-order valence-electron chi connectivity index (χ1n) is 21.2. The number of aromatic nitrogens is 6. The first-order chi connectivity index (χ1) is 37.3. The van der Waals surface area contributed by atoms with Gasteiger partial charge in [-0.05, 0) is 91.2 Å². The van der Waals surface area contributed by atoms with Gasteiger partial charge in [0.05, 0.1) is 21.2 Å². The van der Waals surface area contributed by atoms with Crippen LogP contribution >= 0.6 is 0 Å². The average molecular weight is 1210 g/mol. The van der Waals surface area contributed by atoms with Crippen molar-refractivity contribution in [3.05, 3.63) is 91.0 Å². The zero-order valence-corrected chi connectivity index (χ0v) is 43.5. The van der Waals surface area contributed by atoms with Crippen molar-refractivity contribution in [2.75, 3.05) is 38.4 Å². The molecule has 34 nitrogen and oxygen atoms in total. The van der Waals surface area contributed by atoms with Gasteiger partial charge in [-0.25, -0.2) is 13.8 Å². The molecule has 2 heterocycles. The monoisotopic (exact) mass is 1210 g/mol. The highest BCUT2D eigenvalue weighted by molar-refractivity contribution is 7.87. The van der Waals surface area contributed by atoms with E-state index in [4.69, 9.17) is 11.5 Å². The molecule has 2 atom stereocenters. The molecule has 0 aliphatic rings. The van der Waals surface area contributed by atoms with Crippen LogP contribution in [0, 0.1) is 12.2 Å². The lowest BCUT2D eigenvalue weighted by atomic mass is 10.1. The zero-order valence-electron chi connectivity index (χ0n) is 39.4. The molecule has 5 aromatic carbocycles. The lowest BCUT2D eigenvalue weighted by molar-refractivity contribution is 0.258. The van der Waals surface area contributed by atoms with E-state index in [-0.39, 0.29) is 63.4 Å². The maximum Gasteiger partial charge on any atom is 0.316 e. The molecule has 80 heavy (non-hydrogen) atoms. The second-order valence-electron chi connectivity index (χ2n) is 15.8. The molecule has 420 valence electrons. The van der Waals surface area contributed by atoms with Crippen LogP contribution in [0.2, 0.25) is 0 Å². The van der Waals surface area contributed by atoms with E-state index in [1.165, 1.54) is 24.3 Å². The highest BCUT2D eigenvalue weighted by Gasteiger charge is 2.26. The Morgan fingerprint density at radius 2 is 1.04 bits per heavy atom. The summed E-state index contributed by atoms with van der Waals surface area (Å²) in [7, 11) is -20.6. The first-order valence-corrected chi connectivity index (χ1v) is 28.0. The molecule has 2 unspecified atom stereocenters. The van der Waals surface area contributed by atoms with E-state index in [0.717, 1.165) is 24.3 Å². The number of azo groups is 2. The van der Waals surface area contributed by atoms with Crippen molar-refractivity contribution in [3.63, 3.8) is 0 Å². The quantitative estimate of drug-likeness (QED) is 0.0263. The van der Waals surface area contributed by atoms with Crippen LogP contribution in [0.5, 0.6) is 0 Å². The van der Waals surface area contributed by atoms with Gasteiger partial charge in [-0.15, -0.1) is 20.5 Å². The summed E-state index contributed by atoms with van der Waals surface area (Å²) in [5.74, 6) is -1.49. The van der Waals surface area contributed by atoms with Crippen LogP contribution in [-0.4, -0.2) is 115 Å². The number of nitrogens with one attached hydrogen (secondary N) is 6. The fourth-order valence-electron chi connectivity index (χ4n) is 6.67. The summed E-state index contributed by atoms with van der Waals surface area (Å²) in [5.41, 5.74) is 8.71. The Labute approximate surface area is 449 Å². The zero-order chi connectivity index (χ0) is 58.6. The van der Waals surface area contributed by atoms with Crippen molar-refractivity contribution in [1.82, 2.24) is 29.9 Å². The van der Waals surface area contributed by atoms with Crippen molar-refractivity contribution in [1.29, 1.82) is 0 Å². The molecule has 0 spiro atoms. The van der Waals surface area contributed by atoms with Crippen LogP contribution in [0.15, 0.2) is 124 Å². The Hall–Kier alpha value is -9.07. The predicted octanol–water partition coefficient (Wildman–Crippen LogP) is 5.27. The molecular formula is C39H34F2N18O16S5. The third kappa shape index (κ3) is 15.1. The van der Waals surface area contributed by atoms with E-state index in [0.29, 0.717) is 30.3 Å². The summed E-state index contributed by atoms with van der Waals surface area (Å²) in [5, 5.41) is 29.6. The Kier molecular flexibility index (Phi) is 16.9. The van der Waals surface area contributed by atoms with Crippen molar-refractivity contribution in [3.8, 4) is 0 Å². The Balaban J connectivity index is 1.05. The van der Waals surface area contributed by atoms with Crippen LogP contribution in [0.3, 0.4) is 0 Å². The Bertz CT molecular complexity index is 4250. The number of amides is 4. The lowest BCUT2D eigenvalue weighted by Crippen LogP contribution is -2.27. The summed E-state index contributed by atoms with van der Waals surface area (Å²) in [6.45, 7) is 1.43. The number of urea groups is 2. The number of carbonyl (C=O) groups excluding carboxylic acids is 2. The molecule has 0 bridgehead atoms. The smallest absolute Gasteiger partial charge is 0.316 e. The minimum Gasteiger partial charge on any atom is -0.352 e. The van der Waals surface area contributed by atoms with Crippen LogP contribution < -0.4 is 43.4 Å². The van der Waals surface area contributed by atoms with Gasteiger partial charge in [-0.2, -0.15) is 72.4 Å². The highest BCUT2D eigenvalue weighted by Crippen LogP contribution is 2.38. The summed E-state index contributed by atoms with van der Waals surface area (Å²) in [6, 6.07) is 9.44. The molecule has 7 rings (SSSR count). The SMILES string of the molecule is CC(CNc1nc(F)nc(Nc2ccc(N=Nc3cc4c(S(=O)(=O)O)cc(S(=O)(=O)O)cc4cc3S(=O)(=O)O)c(NC(N)=O)c2)n1)Nc1nc(F)nc(Nc2ccc(N=Nc3ccc(S(=O)O)cc3S(=O)(=O)O)c(NC(N)=O)c2)n1. The molecule has 0 aliphatic carbocycles. The molecule has 0 saturated carbocycles. The molecule has 15 N–H and O–H groups in total. The van der Waals surface area contributed by atoms with E-state index in [2.05, 4.69) is 82.3 Å². The van der Waals surface area contributed by atoms with Crippen molar-refractivity contribution in [2.45, 2.75) is 37.4 Å². The van der Waals surface area contributed by atoms with E-state index >= 15 is 0 Å². The fraction of sp³-hybridized carbons (Fsp3) is 0.0769. The Morgan fingerprint density at radius 1 is 0.575 bits per heavy atom. The summed E-state index contributed by atoms with van der Waals surface area (Å²) >= 11 is -2.62. The van der Waals surface area contributed by atoms with Crippen LogP contribution in [0.4, 0.5) is 87.7 Å². The summed E-state index contributed by atoms with van der Waals surface area (Å²) in [6.07, 6.45) is -2.57. The van der Waals surface area contributed by atoms with Gasteiger partial charge in [0.2, 0.25) is 23.8 Å². The normalized spacial score (nSPS) is 13.0. The van der Waals surface area contributed by atoms with E-state index in [1.54, 1.807) is 6.92 Å². The molecule has 0 fully saturated rings. The van der Waals surface area contributed by atoms with E-state index in [1.807, 2.05) is 0 Å². The highest BCUT2D eigenvalue weighted by atomic mass is 32.2. The van der Waals surface area contributed by atoms with Crippen LogP contribution in [-0.2, 0) is 51.6 Å². The Morgan fingerprint density at radius 3 is 1.54 bits per heavy atom. The maximum atomic E-state index is 14.8. The number of hydrogen-bond donors (Lipinski definition) is 13. The molecule has 41 heteroatoms. The number of rotatable bonds is 20. The van der Waals surface area contributed by atoms with Gasteiger partial charge < -0.3 is 47.9 Å². The van der Waals surface area contributed by atoms with Crippen molar-refractivity contribution >= 4 is 144 Å². The number of carbonyl (C=O) groups is 2. The number of fused-ring (bicyclic) bond motifs is 1. The van der Waals surface area contributed by atoms with Gasteiger partial charge >= 0.3 is 24.2 Å². The van der Waals surface area contributed by atoms with Gasteiger partial charge in [-0.3, -0.25) is 18.2 Å². The number of nitrogens with zero attached hydrogens (tertiary/aromatic N) is 10. The van der Waals surface area contributed by atoms with Gasteiger partial charge in [-0.1, -0.05) is 0 Å². The second kappa shape index (κ2) is 23.1. The molecule has 0 saturated heterocycles. The predicted molar refractivity (Wildman–Crippen MR) is 274 cm³/mol. The fourth-order valence-corrected chi connectivity index (χ4v) is 9.79. The number of primary amides is 2. The maximum absolute atomic E-state index is 14.8. The number of nitrogens with two attached hydrogens (primary N) is 2. The lowest BCUT2D eigenvalue weighted by Gasteiger charge is -2.16. The third-order valence-corrected chi connectivity index (χ3v) is 14.1. The van der Waals surface area contributed by atoms with Gasteiger partial charge in [0.15, 0.2) is 11.1 Å². The third-order valence-electron chi connectivity index (χ3n) is 9.94. The number of halogens is 2. The van der Waals surface area contributed by atoms with E-state index in [9.17, 15) is 79.0 Å². The number of hydrogen-bond acceptors (Lipinski definition) is 25. The van der Waals surface area contributed by atoms with Gasteiger partial charge in [0.25, 0.3) is 40.5 Å². The molecule has 2 aromatic heterocycles. The first kappa shape index (κ1) is 58.6.